The average molecular weight is 212 g/mol. The van der Waals surface area contributed by atoms with Crippen molar-refractivity contribution in [1.29, 1.82) is 0 Å². The molecule has 5 heteroatoms. The molecule has 0 bridgehead atoms. The van der Waals surface area contributed by atoms with Gasteiger partial charge in [-0.2, -0.15) is 0 Å². The fourth-order valence-electron chi connectivity index (χ4n) is 1.30. The van der Waals surface area contributed by atoms with Gasteiger partial charge in [0.15, 0.2) is 0 Å². The Labute approximate surface area is 88.6 Å². The fourth-order valence-corrected chi connectivity index (χ4v) is 1.30. The van der Waals surface area contributed by atoms with Crippen LogP contribution in [-0.2, 0) is 5.54 Å². The molecule has 1 rings (SSSR count). The molecule has 0 saturated carbocycles. The summed E-state index contributed by atoms with van der Waals surface area (Å²) in [4.78, 5) is 8.36. The van der Waals surface area contributed by atoms with E-state index in [0.29, 0.717) is 0 Å². The molecule has 1 aromatic rings. The van der Waals surface area contributed by atoms with E-state index in [4.69, 9.17) is 21.1 Å². The van der Waals surface area contributed by atoms with E-state index in [0.717, 1.165) is 0 Å². The first kappa shape index (κ1) is 13.4. The van der Waals surface area contributed by atoms with Crippen LogP contribution in [0.4, 0.5) is 0 Å². The molecule has 0 radical (unpaired) electrons. The molecule has 0 amide bonds. The predicted octanol–water partition coefficient (Wildman–Crippen LogP) is 1.84. The molecule has 0 aliphatic heterocycles. The average Bonchev–Trinajstić information content (AvgIpc) is 2.01. The summed E-state index contributed by atoms with van der Waals surface area (Å²) >= 11 is 0. The van der Waals surface area contributed by atoms with Gasteiger partial charge in [0, 0.05) is 5.54 Å². The summed E-state index contributed by atoms with van der Waals surface area (Å²) in [5.74, 6) is 0. The Kier molecular flexibility index (Phi) is 4.73. The molecule has 0 aliphatic rings. The molecule has 0 spiro atoms. The minimum absolute atomic E-state index is 0.217. The van der Waals surface area contributed by atoms with Crippen molar-refractivity contribution in [1.82, 2.24) is 0 Å². The van der Waals surface area contributed by atoms with Gasteiger partial charge in [0.2, 0.25) is 0 Å². The third-order valence-corrected chi connectivity index (χ3v) is 1.84. The van der Waals surface area contributed by atoms with E-state index in [2.05, 4.69) is 19.1 Å². The van der Waals surface area contributed by atoms with Crippen LogP contribution in [0.1, 0.15) is 25.0 Å². The van der Waals surface area contributed by atoms with Gasteiger partial charge in [-0.25, -0.2) is 0 Å². The summed E-state index contributed by atoms with van der Waals surface area (Å²) in [6.45, 7) is 6.13. The maximum atomic E-state index is 8.36. The minimum Gasteiger partial charge on any atom is -0.328 e. The molecule has 3 N–H and O–H groups in total. The van der Waals surface area contributed by atoms with Crippen molar-refractivity contribution in [3.05, 3.63) is 45.5 Å². The molecule has 0 aromatic heterocycles. The Morgan fingerprint density at radius 3 is 2.07 bits per heavy atom. The molecule has 0 heterocycles. The van der Waals surface area contributed by atoms with Crippen molar-refractivity contribution in [3.63, 3.8) is 0 Å². The normalized spacial score (nSPS) is 10.1. The lowest BCUT2D eigenvalue weighted by molar-refractivity contribution is -0.742. The number of nitrogens with two attached hydrogens (primary N) is 1. The third-order valence-electron chi connectivity index (χ3n) is 1.84. The first-order valence-corrected chi connectivity index (χ1v) is 4.43. The number of hydrogen-bond acceptors (Lipinski definition) is 3. The highest BCUT2D eigenvalue weighted by molar-refractivity contribution is 5.30. The molecule has 0 fully saturated rings. The van der Waals surface area contributed by atoms with Gasteiger partial charge in [0.25, 0.3) is 5.09 Å². The second-order valence-electron chi connectivity index (χ2n) is 3.77. The van der Waals surface area contributed by atoms with Crippen LogP contribution in [-0.4, -0.2) is 10.3 Å². The zero-order valence-electron chi connectivity index (χ0n) is 9.10. The maximum Gasteiger partial charge on any atom is 0.291 e. The van der Waals surface area contributed by atoms with E-state index in [-0.39, 0.29) is 5.54 Å². The molecule has 1 aromatic carbocycles. The standard InChI is InChI=1S/C10H15N.HNO3/c1-8-6-4-5-7-9(8)10(2,3)11;2-1(3)4/h4-7H,11H2,1-3H3;(H,2,3,4). The Hall–Kier alpha value is -1.62. The van der Waals surface area contributed by atoms with Gasteiger partial charge in [0.05, 0.1) is 0 Å². The zero-order chi connectivity index (χ0) is 12.1. The molecular weight excluding hydrogens is 196 g/mol. The molecule has 0 aliphatic carbocycles. The summed E-state index contributed by atoms with van der Waals surface area (Å²) < 4.78 is 0. The van der Waals surface area contributed by atoms with Gasteiger partial charge in [-0.1, -0.05) is 24.3 Å². The van der Waals surface area contributed by atoms with Gasteiger partial charge in [0.1, 0.15) is 0 Å². The molecule has 0 saturated heterocycles. The lowest BCUT2D eigenvalue weighted by atomic mass is 9.92. The Morgan fingerprint density at radius 2 is 1.80 bits per heavy atom. The number of rotatable bonds is 1. The van der Waals surface area contributed by atoms with Gasteiger partial charge in [-0.05, 0) is 31.9 Å². The summed E-state index contributed by atoms with van der Waals surface area (Å²) in [6, 6.07) is 8.22. The molecule has 0 atom stereocenters. The van der Waals surface area contributed by atoms with Crippen molar-refractivity contribution in [2.75, 3.05) is 0 Å². The Morgan fingerprint density at radius 1 is 1.40 bits per heavy atom. The highest BCUT2D eigenvalue weighted by Gasteiger charge is 2.14. The quantitative estimate of drug-likeness (QED) is 0.549. The van der Waals surface area contributed by atoms with E-state index >= 15 is 0 Å². The van der Waals surface area contributed by atoms with E-state index < -0.39 is 5.09 Å². The summed E-state index contributed by atoms with van der Waals surface area (Å²) in [5.41, 5.74) is 8.23. The van der Waals surface area contributed by atoms with Crippen molar-refractivity contribution >= 4 is 0 Å². The predicted molar refractivity (Wildman–Crippen MR) is 57.2 cm³/mol. The fraction of sp³-hybridized carbons (Fsp3) is 0.400. The first-order valence-electron chi connectivity index (χ1n) is 4.43. The number of nitrogens with zero attached hydrogens (tertiary/aromatic N) is 1. The topological polar surface area (TPSA) is 89.4 Å². The molecular formula is C10H16N2O3. The van der Waals surface area contributed by atoms with E-state index in [9.17, 15) is 0 Å². The van der Waals surface area contributed by atoms with Crippen molar-refractivity contribution in [2.45, 2.75) is 26.3 Å². The minimum atomic E-state index is -1.50. The maximum absolute atomic E-state index is 8.36. The SMILES string of the molecule is Cc1ccccc1C(C)(C)N.O=[N+]([O-])O. The van der Waals surface area contributed by atoms with Crippen molar-refractivity contribution < 1.29 is 10.3 Å². The zero-order valence-corrected chi connectivity index (χ0v) is 9.10. The van der Waals surface area contributed by atoms with Crippen LogP contribution in [0.25, 0.3) is 0 Å². The summed E-state index contributed by atoms with van der Waals surface area (Å²) in [5, 5.41) is 13.6. The van der Waals surface area contributed by atoms with Gasteiger partial charge >= 0.3 is 0 Å². The van der Waals surface area contributed by atoms with Crippen LogP contribution in [0.5, 0.6) is 0 Å². The first-order chi connectivity index (χ1) is 6.75. The number of aryl methyl sites for hydroxylation is 1. The van der Waals surface area contributed by atoms with Crippen LogP contribution in [0.3, 0.4) is 0 Å². The van der Waals surface area contributed by atoms with Crippen LogP contribution in [0.2, 0.25) is 0 Å². The summed E-state index contributed by atoms with van der Waals surface area (Å²) in [6.07, 6.45) is 0. The second-order valence-corrected chi connectivity index (χ2v) is 3.77. The highest BCUT2D eigenvalue weighted by atomic mass is 16.9. The third kappa shape index (κ3) is 5.64. The van der Waals surface area contributed by atoms with Crippen LogP contribution in [0, 0.1) is 17.0 Å². The lowest BCUT2D eigenvalue weighted by Gasteiger charge is -2.21. The monoisotopic (exact) mass is 212 g/mol. The molecule has 5 nitrogen and oxygen atoms in total. The molecule has 84 valence electrons. The van der Waals surface area contributed by atoms with Crippen LogP contribution < -0.4 is 5.73 Å². The Bertz CT molecular complexity index is 328. The van der Waals surface area contributed by atoms with Crippen molar-refractivity contribution in [3.8, 4) is 0 Å². The van der Waals surface area contributed by atoms with E-state index in [1.165, 1.54) is 11.1 Å². The van der Waals surface area contributed by atoms with E-state index in [1.807, 2.05) is 26.0 Å². The van der Waals surface area contributed by atoms with Crippen LogP contribution in [0.15, 0.2) is 24.3 Å². The smallest absolute Gasteiger partial charge is 0.291 e. The second kappa shape index (κ2) is 5.31. The van der Waals surface area contributed by atoms with Gasteiger partial charge < -0.3 is 10.9 Å². The highest BCUT2D eigenvalue weighted by Crippen LogP contribution is 2.19. The molecule has 15 heavy (non-hydrogen) atoms. The largest absolute Gasteiger partial charge is 0.328 e. The van der Waals surface area contributed by atoms with Gasteiger partial charge in [-0.15, -0.1) is 10.1 Å². The number of hydrogen-bond donors (Lipinski definition) is 2. The van der Waals surface area contributed by atoms with Gasteiger partial charge in [-0.3, -0.25) is 0 Å². The summed E-state index contributed by atoms with van der Waals surface area (Å²) in [7, 11) is 0. The van der Waals surface area contributed by atoms with E-state index in [1.54, 1.807) is 0 Å². The molecule has 0 unspecified atom stereocenters. The van der Waals surface area contributed by atoms with Crippen molar-refractivity contribution in [2.24, 2.45) is 5.73 Å². The van der Waals surface area contributed by atoms with Crippen LogP contribution >= 0.6 is 0 Å². The number of benzene rings is 1. The lowest BCUT2D eigenvalue weighted by Crippen LogP contribution is -2.29. The Balaban J connectivity index is 0.000000423.